The molecule has 5 heteroatoms. The molecule has 0 aliphatic carbocycles. The molecular formula is C18H23ClN2O2. The van der Waals surface area contributed by atoms with Crippen LogP contribution in [0.25, 0.3) is 0 Å². The molecule has 23 heavy (non-hydrogen) atoms. The van der Waals surface area contributed by atoms with Gasteiger partial charge in [0.25, 0.3) is 0 Å². The zero-order valence-corrected chi connectivity index (χ0v) is 14.3. The van der Waals surface area contributed by atoms with Gasteiger partial charge in [-0.2, -0.15) is 0 Å². The maximum Gasteiger partial charge on any atom is 0.220 e. The molecule has 1 aromatic heterocycles. The normalized spacial score (nSPS) is 12.3. The number of hydrogen-bond acceptors (Lipinski definition) is 3. The van der Waals surface area contributed by atoms with Gasteiger partial charge in [-0.1, -0.05) is 23.7 Å². The number of benzene rings is 1. The maximum absolute atomic E-state index is 12.2. The number of furan rings is 1. The van der Waals surface area contributed by atoms with E-state index in [1.807, 2.05) is 50.5 Å². The molecule has 2 aromatic rings. The average molecular weight is 335 g/mol. The molecule has 1 unspecified atom stereocenters. The number of halogens is 1. The van der Waals surface area contributed by atoms with E-state index < -0.39 is 0 Å². The Balaban J connectivity index is 1.95. The van der Waals surface area contributed by atoms with Gasteiger partial charge < -0.3 is 14.6 Å². The van der Waals surface area contributed by atoms with Crippen LogP contribution in [0.3, 0.4) is 0 Å². The monoisotopic (exact) mass is 334 g/mol. The molecule has 4 nitrogen and oxygen atoms in total. The first-order chi connectivity index (χ1) is 11.0. The van der Waals surface area contributed by atoms with Crippen molar-refractivity contribution in [1.82, 2.24) is 10.2 Å². The highest BCUT2D eigenvalue weighted by Crippen LogP contribution is 2.20. The lowest BCUT2D eigenvalue weighted by atomic mass is 10.0. The van der Waals surface area contributed by atoms with Crippen molar-refractivity contribution >= 4 is 17.5 Å². The van der Waals surface area contributed by atoms with E-state index in [2.05, 4.69) is 10.2 Å². The van der Waals surface area contributed by atoms with Crippen LogP contribution in [0.5, 0.6) is 0 Å². The van der Waals surface area contributed by atoms with Crippen LogP contribution < -0.4 is 5.32 Å². The first kappa shape index (κ1) is 17.6. The number of carbonyl (C=O) groups is 1. The SMILES string of the molecule is CN(C)CCC(NC(=O)CCc1ccco1)c1ccc(Cl)cc1. The number of rotatable bonds is 8. The van der Waals surface area contributed by atoms with E-state index in [-0.39, 0.29) is 11.9 Å². The fourth-order valence-corrected chi connectivity index (χ4v) is 2.49. The fourth-order valence-electron chi connectivity index (χ4n) is 2.36. The van der Waals surface area contributed by atoms with Crippen LogP contribution in [-0.4, -0.2) is 31.4 Å². The largest absolute Gasteiger partial charge is 0.469 e. The number of carbonyl (C=O) groups excluding carboxylic acids is 1. The summed E-state index contributed by atoms with van der Waals surface area (Å²) in [4.78, 5) is 14.4. The topological polar surface area (TPSA) is 45.5 Å². The summed E-state index contributed by atoms with van der Waals surface area (Å²) in [5.41, 5.74) is 1.07. The van der Waals surface area contributed by atoms with Crippen molar-refractivity contribution in [3.8, 4) is 0 Å². The minimum Gasteiger partial charge on any atom is -0.469 e. The maximum atomic E-state index is 12.2. The number of hydrogen-bond donors (Lipinski definition) is 1. The molecule has 1 N–H and O–H groups in total. The van der Waals surface area contributed by atoms with E-state index in [0.29, 0.717) is 17.9 Å². The van der Waals surface area contributed by atoms with Crippen LogP contribution in [0.15, 0.2) is 47.1 Å². The molecule has 1 aromatic carbocycles. The fraction of sp³-hybridized carbons (Fsp3) is 0.389. The van der Waals surface area contributed by atoms with Gasteiger partial charge >= 0.3 is 0 Å². The zero-order valence-electron chi connectivity index (χ0n) is 13.6. The second-order valence-electron chi connectivity index (χ2n) is 5.84. The van der Waals surface area contributed by atoms with Gasteiger partial charge in [0.2, 0.25) is 5.91 Å². The van der Waals surface area contributed by atoms with Crippen LogP contribution in [0.1, 0.15) is 30.2 Å². The first-order valence-corrected chi connectivity index (χ1v) is 8.14. The number of nitrogens with one attached hydrogen (secondary N) is 1. The predicted molar refractivity (Wildman–Crippen MR) is 92.5 cm³/mol. The van der Waals surface area contributed by atoms with Crippen molar-refractivity contribution in [3.63, 3.8) is 0 Å². The Morgan fingerprint density at radius 1 is 1.26 bits per heavy atom. The summed E-state index contributed by atoms with van der Waals surface area (Å²) in [6.07, 6.45) is 3.50. The molecule has 0 spiro atoms. The van der Waals surface area contributed by atoms with Gasteiger partial charge in [0.15, 0.2) is 0 Å². The minimum absolute atomic E-state index is 0.0150. The van der Waals surface area contributed by atoms with E-state index >= 15 is 0 Å². The average Bonchev–Trinajstić information content (AvgIpc) is 3.03. The van der Waals surface area contributed by atoms with Crippen molar-refractivity contribution in [3.05, 3.63) is 59.0 Å². The first-order valence-electron chi connectivity index (χ1n) is 7.76. The van der Waals surface area contributed by atoms with E-state index in [1.54, 1.807) is 6.26 Å². The van der Waals surface area contributed by atoms with Gasteiger partial charge in [-0.3, -0.25) is 4.79 Å². The summed E-state index contributed by atoms with van der Waals surface area (Å²) >= 11 is 5.95. The summed E-state index contributed by atoms with van der Waals surface area (Å²) < 4.78 is 5.26. The molecule has 0 fully saturated rings. The van der Waals surface area contributed by atoms with Crippen molar-refractivity contribution in [1.29, 1.82) is 0 Å². The van der Waals surface area contributed by atoms with Gasteiger partial charge in [0, 0.05) is 17.9 Å². The Morgan fingerprint density at radius 2 is 2.00 bits per heavy atom. The molecule has 2 rings (SSSR count). The van der Waals surface area contributed by atoms with Crippen LogP contribution in [-0.2, 0) is 11.2 Å². The summed E-state index contributed by atoms with van der Waals surface area (Å²) in [6, 6.07) is 11.4. The zero-order chi connectivity index (χ0) is 16.7. The van der Waals surface area contributed by atoms with Crippen LogP contribution in [0, 0.1) is 0 Å². The summed E-state index contributed by atoms with van der Waals surface area (Å²) in [7, 11) is 4.05. The predicted octanol–water partition coefficient (Wildman–Crippen LogP) is 3.67. The third-order valence-electron chi connectivity index (χ3n) is 3.65. The molecule has 0 saturated heterocycles. The summed E-state index contributed by atoms with van der Waals surface area (Å²) in [5.74, 6) is 0.858. The van der Waals surface area contributed by atoms with Crippen molar-refractivity contribution in [2.24, 2.45) is 0 Å². The smallest absolute Gasteiger partial charge is 0.220 e. The second kappa shape index (κ2) is 8.75. The van der Waals surface area contributed by atoms with Gasteiger partial charge in [-0.05, 0) is 56.9 Å². The van der Waals surface area contributed by atoms with E-state index in [4.69, 9.17) is 16.0 Å². The van der Waals surface area contributed by atoms with Gasteiger partial charge in [0.05, 0.1) is 12.3 Å². The Kier molecular flexibility index (Phi) is 6.68. The van der Waals surface area contributed by atoms with Crippen molar-refractivity contribution < 1.29 is 9.21 Å². The number of nitrogens with zero attached hydrogens (tertiary/aromatic N) is 1. The highest BCUT2D eigenvalue weighted by Gasteiger charge is 2.15. The molecule has 0 bridgehead atoms. The quantitative estimate of drug-likeness (QED) is 0.801. The lowest BCUT2D eigenvalue weighted by molar-refractivity contribution is -0.121. The highest BCUT2D eigenvalue weighted by atomic mass is 35.5. The number of aryl methyl sites for hydroxylation is 1. The summed E-state index contributed by atoms with van der Waals surface area (Å²) in [6.45, 7) is 0.895. The number of amides is 1. The summed E-state index contributed by atoms with van der Waals surface area (Å²) in [5, 5.41) is 3.82. The molecule has 124 valence electrons. The van der Waals surface area contributed by atoms with Crippen molar-refractivity contribution in [2.45, 2.75) is 25.3 Å². The minimum atomic E-state index is -0.0150. The Labute approximate surface area is 142 Å². The van der Waals surface area contributed by atoms with Gasteiger partial charge in [-0.25, -0.2) is 0 Å². The van der Waals surface area contributed by atoms with Crippen molar-refractivity contribution in [2.75, 3.05) is 20.6 Å². The highest BCUT2D eigenvalue weighted by molar-refractivity contribution is 6.30. The Bertz CT molecular complexity index is 594. The third-order valence-corrected chi connectivity index (χ3v) is 3.90. The van der Waals surface area contributed by atoms with E-state index in [0.717, 1.165) is 24.3 Å². The standard InChI is InChI=1S/C18H23ClN2O2/c1-21(2)12-11-17(14-5-7-15(19)8-6-14)20-18(22)10-9-16-4-3-13-23-16/h3-8,13,17H,9-12H2,1-2H3,(H,20,22). The van der Waals surface area contributed by atoms with Crippen LogP contribution in [0.4, 0.5) is 0 Å². The second-order valence-corrected chi connectivity index (χ2v) is 6.28. The molecule has 1 atom stereocenters. The Morgan fingerprint density at radius 3 is 2.61 bits per heavy atom. The Hall–Kier alpha value is -1.78. The van der Waals surface area contributed by atoms with E-state index in [9.17, 15) is 4.79 Å². The molecule has 0 saturated carbocycles. The molecule has 0 aliphatic heterocycles. The van der Waals surface area contributed by atoms with E-state index in [1.165, 1.54) is 0 Å². The molecular weight excluding hydrogens is 312 g/mol. The van der Waals surface area contributed by atoms with Gasteiger partial charge in [-0.15, -0.1) is 0 Å². The van der Waals surface area contributed by atoms with Crippen LogP contribution >= 0.6 is 11.6 Å². The lowest BCUT2D eigenvalue weighted by Crippen LogP contribution is -2.31. The van der Waals surface area contributed by atoms with Crippen LogP contribution in [0.2, 0.25) is 5.02 Å². The third kappa shape index (κ3) is 6.08. The molecule has 1 amide bonds. The molecule has 1 heterocycles. The lowest BCUT2D eigenvalue weighted by Gasteiger charge is -2.21. The molecule has 0 aliphatic rings. The molecule has 0 radical (unpaired) electrons. The van der Waals surface area contributed by atoms with Gasteiger partial charge in [0.1, 0.15) is 5.76 Å².